The first-order valence-electron chi connectivity index (χ1n) is 10.9. The van der Waals surface area contributed by atoms with E-state index in [1.807, 2.05) is 36.8 Å². The van der Waals surface area contributed by atoms with Crippen molar-refractivity contribution < 1.29 is 4.79 Å². The molecule has 0 saturated carbocycles. The molecule has 33 heavy (non-hydrogen) atoms. The number of nitrogens with one attached hydrogen (secondary N) is 1. The Morgan fingerprint density at radius 2 is 1.97 bits per heavy atom. The molecule has 3 heterocycles. The number of carbonyl (C=O) groups excluding carboxylic acids is 1. The van der Waals surface area contributed by atoms with Crippen molar-refractivity contribution in [3.05, 3.63) is 59.1 Å². The van der Waals surface area contributed by atoms with Crippen LogP contribution in [0.5, 0.6) is 0 Å². The molecule has 0 unspecified atom stereocenters. The van der Waals surface area contributed by atoms with Crippen LogP contribution in [0, 0.1) is 5.92 Å². The number of aromatic nitrogens is 6. The summed E-state index contributed by atoms with van der Waals surface area (Å²) in [5.74, 6) is 2.05. The van der Waals surface area contributed by atoms with Crippen LogP contribution in [-0.4, -0.2) is 41.9 Å². The largest absolute Gasteiger partial charge is 0.345 e. The molecule has 0 radical (unpaired) electrons. The molecule has 3 aromatic heterocycles. The van der Waals surface area contributed by atoms with Crippen LogP contribution in [0.25, 0.3) is 10.2 Å². The van der Waals surface area contributed by atoms with Crippen molar-refractivity contribution in [3.63, 3.8) is 0 Å². The van der Waals surface area contributed by atoms with E-state index in [-0.39, 0.29) is 5.91 Å². The van der Waals surface area contributed by atoms with Gasteiger partial charge in [-0.1, -0.05) is 6.92 Å². The highest BCUT2D eigenvalue weighted by atomic mass is 32.2. The summed E-state index contributed by atoms with van der Waals surface area (Å²) in [6, 6.07) is 5.66. The zero-order chi connectivity index (χ0) is 23.2. The quantitative estimate of drug-likeness (QED) is 0.341. The molecule has 4 rings (SSSR count). The molecule has 0 fully saturated rings. The van der Waals surface area contributed by atoms with Gasteiger partial charge >= 0.3 is 0 Å². The van der Waals surface area contributed by atoms with E-state index < -0.39 is 0 Å². The minimum absolute atomic E-state index is 0.128. The summed E-state index contributed by atoms with van der Waals surface area (Å²) in [5.41, 5.74) is 1.57. The first-order valence-corrected chi connectivity index (χ1v) is 12.9. The van der Waals surface area contributed by atoms with Crippen LogP contribution in [0.3, 0.4) is 0 Å². The molecule has 0 aliphatic rings. The van der Waals surface area contributed by atoms with Crippen molar-refractivity contribution in [2.75, 3.05) is 6.26 Å². The summed E-state index contributed by atoms with van der Waals surface area (Å²) in [4.78, 5) is 31.4. The van der Waals surface area contributed by atoms with Crippen molar-refractivity contribution in [2.24, 2.45) is 13.0 Å². The van der Waals surface area contributed by atoms with E-state index in [0.717, 1.165) is 51.6 Å². The minimum Gasteiger partial charge on any atom is -0.345 e. The van der Waals surface area contributed by atoms with Gasteiger partial charge in [-0.05, 0) is 49.6 Å². The van der Waals surface area contributed by atoms with Crippen molar-refractivity contribution in [2.45, 2.75) is 44.0 Å². The first-order chi connectivity index (χ1) is 16.0. The SMILES string of the molecule is CSc1cnc(CC[C@H](C)CCc2nc3ccc(C(=O)NCc4ncnn4C)cc3s2)nc1. The summed E-state index contributed by atoms with van der Waals surface area (Å²) >= 11 is 3.32. The van der Waals surface area contributed by atoms with Gasteiger partial charge in [-0.3, -0.25) is 9.48 Å². The minimum atomic E-state index is -0.128. The number of aryl methyl sites for hydroxylation is 3. The maximum absolute atomic E-state index is 12.5. The van der Waals surface area contributed by atoms with Gasteiger partial charge in [-0.25, -0.2) is 19.9 Å². The van der Waals surface area contributed by atoms with E-state index >= 15 is 0 Å². The molecule has 172 valence electrons. The molecular weight excluding hydrogens is 454 g/mol. The average Bonchev–Trinajstić information content (AvgIpc) is 3.44. The Bertz CT molecular complexity index is 1220. The lowest BCUT2D eigenvalue weighted by Crippen LogP contribution is -2.24. The Hall–Kier alpha value is -2.85. The number of carbonyl (C=O) groups is 1. The number of rotatable bonds is 10. The molecule has 1 amide bonds. The van der Waals surface area contributed by atoms with Gasteiger partial charge in [-0.2, -0.15) is 5.10 Å². The van der Waals surface area contributed by atoms with E-state index in [4.69, 9.17) is 4.98 Å². The summed E-state index contributed by atoms with van der Waals surface area (Å²) in [7, 11) is 1.80. The second-order valence-corrected chi connectivity index (χ2v) is 9.99. The van der Waals surface area contributed by atoms with Gasteiger partial charge in [-0.15, -0.1) is 23.1 Å². The molecule has 0 aliphatic heterocycles. The molecule has 4 aromatic rings. The van der Waals surface area contributed by atoms with Crippen molar-refractivity contribution in [1.29, 1.82) is 0 Å². The number of benzene rings is 1. The van der Waals surface area contributed by atoms with Gasteiger partial charge in [0.25, 0.3) is 5.91 Å². The molecule has 10 heteroatoms. The van der Waals surface area contributed by atoms with Crippen LogP contribution in [0.2, 0.25) is 0 Å². The lowest BCUT2D eigenvalue weighted by molar-refractivity contribution is 0.0949. The van der Waals surface area contributed by atoms with Crippen molar-refractivity contribution in [3.8, 4) is 0 Å². The third-order valence-corrected chi connectivity index (χ3v) is 7.30. The van der Waals surface area contributed by atoms with Crippen LogP contribution in [0.4, 0.5) is 0 Å². The van der Waals surface area contributed by atoms with Crippen LogP contribution in [0.15, 0.2) is 41.8 Å². The Kier molecular flexibility index (Phi) is 7.66. The molecular formula is C23H27N7OS2. The van der Waals surface area contributed by atoms with E-state index in [2.05, 4.69) is 32.3 Å². The Morgan fingerprint density at radius 3 is 2.70 bits per heavy atom. The fourth-order valence-corrected chi connectivity index (χ4v) is 4.77. The predicted octanol–water partition coefficient (Wildman–Crippen LogP) is 4.07. The monoisotopic (exact) mass is 481 g/mol. The van der Waals surface area contributed by atoms with Crippen molar-refractivity contribution in [1.82, 2.24) is 35.0 Å². The van der Waals surface area contributed by atoms with Crippen LogP contribution in [-0.2, 0) is 26.4 Å². The van der Waals surface area contributed by atoms with E-state index in [1.165, 1.54) is 6.33 Å². The standard InChI is InChI=1S/C23H27N7OS2/c1-15(4-8-20-24-11-17(32-3)12-25-20)5-9-22-29-18-7-6-16(10-19(18)33-22)23(31)26-13-21-27-14-28-30(21)2/h6-7,10-12,14-15H,4-5,8-9,13H2,1-3H3,(H,26,31)/t15-/m0/s1. The van der Waals surface area contributed by atoms with Gasteiger partial charge in [0.2, 0.25) is 0 Å². The number of thiazole rings is 1. The Morgan fingerprint density at radius 1 is 1.18 bits per heavy atom. The molecule has 0 bridgehead atoms. The molecule has 8 nitrogen and oxygen atoms in total. The topological polar surface area (TPSA) is 98.5 Å². The summed E-state index contributed by atoms with van der Waals surface area (Å²) < 4.78 is 2.68. The van der Waals surface area contributed by atoms with E-state index in [0.29, 0.717) is 23.9 Å². The van der Waals surface area contributed by atoms with E-state index in [1.54, 1.807) is 34.8 Å². The highest BCUT2D eigenvalue weighted by Gasteiger charge is 2.12. The van der Waals surface area contributed by atoms with Gasteiger partial charge in [0, 0.05) is 36.3 Å². The van der Waals surface area contributed by atoms with Crippen LogP contribution in [0.1, 0.15) is 46.8 Å². The predicted molar refractivity (Wildman–Crippen MR) is 131 cm³/mol. The molecule has 1 N–H and O–H groups in total. The normalized spacial score (nSPS) is 12.2. The molecule has 0 saturated heterocycles. The van der Waals surface area contributed by atoms with Crippen molar-refractivity contribution >= 4 is 39.2 Å². The average molecular weight is 482 g/mol. The second kappa shape index (κ2) is 10.8. The fraction of sp³-hybridized carbons (Fsp3) is 0.391. The summed E-state index contributed by atoms with van der Waals surface area (Å²) in [6.45, 7) is 2.61. The number of hydrogen-bond acceptors (Lipinski definition) is 8. The zero-order valence-electron chi connectivity index (χ0n) is 19.0. The maximum atomic E-state index is 12.5. The fourth-order valence-electron chi connectivity index (χ4n) is 3.43. The van der Waals surface area contributed by atoms with Gasteiger partial charge in [0.15, 0.2) is 0 Å². The highest BCUT2D eigenvalue weighted by molar-refractivity contribution is 7.98. The van der Waals surface area contributed by atoms with Crippen LogP contribution >= 0.6 is 23.1 Å². The second-order valence-electron chi connectivity index (χ2n) is 7.99. The maximum Gasteiger partial charge on any atom is 0.251 e. The zero-order valence-corrected chi connectivity index (χ0v) is 20.6. The Labute approximate surface area is 201 Å². The number of hydrogen-bond donors (Lipinski definition) is 1. The summed E-state index contributed by atoms with van der Waals surface area (Å²) in [6.07, 6.45) is 11.2. The van der Waals surface area contributed by atoms with Crippen LogP contribution < -0.4 is 5.32 Å². The smallest absolute Gasteiger partial charge is 0.251 e. The number of amides is 1. The third-order valence-electron chi connectivity index (χ3n) is 5.54. The van der Waals surface area contributed by atoms with Gasteiger partial charge in [0.05, 0.1) is 21.8 Å². The third kappa shape index (κ3) is 6.14. The number of nitrogens with zero attached hydrogens (tertiary/aromatic N) is 6. The first kappa shape index (κ1) is 23.3. The van der Waals surface area contributed by atoms with E-state index in [9.17, 15) is 4.79 Å². The van der Waals surface area contributed by atoms with Gasteiger partial charge < -0.3 is 5.32 Å². The summed E-state index contributed by atoms with van der Waals surface area (Å²) in [5, 5.41) is 8.02. The highest BCUT2D eigenvalue weighted by Crippen LogP contribution is 2.26. The lowest BCUT2D eigenvalue weighted by atomic mass is 10.00. The number of thioether (sulfide) groups is 1. The molecule has 1 aromatic carbocycles. The molecule has 0 aliphatic carbocycles. The lowest BCUT2D eigenvalue weighted by Gasteiger charge is -2.09. The molecule has 1 atom stereocenters. The Balaban J connectivity index is 1.29. The molecule has 0 spiro atoms. The number of fused-ring (bicyclic) bond motifs is 1. The van der Waals surface area contributed by atoms with Gasteiger partial charge in [0.1, 0.15) is 18.0 Å².